The van der Waals surface area contributed by atoms with Crippen molar-refractivity contribution in [2.45, 2.75) is 0 Å². The number of anilines is 3. The molecule has 0 N–H and O–H groups in total. The van der Waals surface area contributed by atoms with E-state index in [-0.39, 0.29) is 0 Å². The van der Waals surface area contributed by atoms with Crippen LogP contribution in [0.4, 0.5) is 17.1 Å². The first-order valence-corrected chi connectivity index (χ1v) is 16.3. The number of hydrogen-bond donors (Lipinski definition) is 0. The molecule has 0 bridgehead atoms. The van der Waals surface area contributed by atoms with E-state index in [1.165, 1.54) is 33.0 Å². The summed E-state index contributed by atoms with van der Waals surface area (Å²) in [6.45, 7) is 0. The quantitative estimate of drug-likeness (QED) is 0.185. The largest absolute Gasteiger partial charge is 0.456 e. The van der Waals surface area contributed by atoms with Crippen LogP contribution in [0.5, 0.6) is 0 Å². The summed E-state index contributed by atoms with van der Waals surface area (Å²) in [5.41, 5.74) is 12.1. The van der Waals surface area contributed by atoms with Crippen molar-refractivity contribution in [3.63, 3.8) is 0 Å². The summed E-state index contributed by atoms with van der Waals surface area (Å²) in [5, 5.41) is 4.64. The van der Waals surface area contributed by atoms with Crippen LogP contribution in [0.25, 0.3) is 66.1 Å². The molecule has 9 aromatic rings. The molecule has 8 aromatic carbocycles. The highest BCUT2D eigenvalue weighted by molar-refractivity contribution is 6.11. The molecule has 0 aliphatic rings. The zero-order chi connectivity index (χ0) is 31.9. The predicted octanol–water partition coefficient (Wildman–Crippen LogP) is 13.2. The van der Waals surface area contributed by atoms with Gasteiger partial charge in [-0.15, -0.1) is 0 Å². The predicted molar refractivity (Wildman–Crippen MR) is 202 cm³/mol. The van der Waals surface area contributed by atoms with E-state index in [1.54, 1.807) is 0 Å². The summed E-state index contributed by atoms with van der Waals surface area (Å²) in [6.07, 6.45) is 0. The number of benzene rings is 8. The van der Waals surface area contributed by atoms with E-state index in [2.05, 4.69) is 193 Å². The Morgan fingerprint density at radius 1 is 0.333 bits per heavy atom. The first-order chi connectivity index (χ1) is 23.8. The molecule has 0 saturated heterocycles. The SMILES string of the molecule is c1ccc(-c2ccc(N(c3ccccc3-c3ccccc3)c3ccccc3-c3ccc4oc5cc6ccccc6cc5c4c3)cc2)cc1. The third kappa shape index (κ3) is 4.92. The molecule has 2 heteroatoms. The standard InChI is InChI=1S/C46H31NO/c1-3-13-32(14-4-1)33-23-26-38(27-24-33)47(43-21-11-9-19-39(43)34-15-5-2-6-16-34)44-22-12-10-20-40(44)37-25-28-45-41(30-37)42-29-35-17-7-8-18-36(35)31-46(42)48-45/h1-31H. The van der Waals surface area contributed by atoms with E-state index in [0.29, 0.717) is 0 Å². The van der Waals surface area contributed by atoms with Gasteiger partial charge in [0.05, 0.1) is 11.4 Å². The first-order valence-electron chi connectivity index (χ1n) is 16.3. The third-order valence-corrected chi connectivity index (χ3v) is 9.26. The van der Waals surface area contributed by atoms with Gasteiger partial charge in [0.1, 0.15) is 11.2 Å². The Hall–Kier alpha value is -6.38. The molecule has 0 unspecified atom stereocenters. The van der Waals surface area contributed by atoms with Crippen LogP contribution < -0.4 is 4.90 Å². The van der Waals surface area contributed by atoms with Gasteiger partial charge < -0.3 is 9.32 Å². The number of rotatable bonds is 6. The average Bonchev–Trinajstić information content (AvgIpc) is 3.52. The van der Waals surface area contributed by atoms with Crippen molar-refractivity contribution >= 4 is 49.8 Å². The Morgan fingerprint density at radius 2 is 0.833 bits per heavy atom. The van der Waals surface area contributed by atoms with Gasteiger partial charge in [0.15, 0.2) is 0 Å². The van der Waals surface area contributed by atoms with Gasteiger partial charge in [-0.05, 0) is 81.6 Å². The van der Waals surface area contributed by atoms with E-state index >= 15 is 0 Å². The van der Waals surface area contributed by atoms with Gasteiger partial charge in [0.2, 0.25) is 0 Å². The molecule has 2 nitrogen and oxygen atoms in total. The summed E-state index contributed by atoms with van der Waals surface area (Å²) < 4.78 is 6.37. The Labute approximate surface area is 279 Å². The number of fused-ring (bicyclic) bond motifs is 4. The lowest BCUT2D eigenvalue weighted by Gasteiger charge is -2.30. The minimum absolute atomic E-state index is 0.893. The fraction of sp³-hybridized carbons (Fsp3) is 0. The van der Waals surface area contributed by atoms with Crippen LogP contribution in [-0.2, 0) is 0 Å². The van der Waals surface area contributed by atoms with Crippen molar-refractivity contribution in [1.29, 1.82) is 0 Å². The summed E-state index contributed by atoms with van der Waals surface area (Å²) >= 11 is 0. The lowest BCUT2D eigenvalue weighted by atomic mass is 9.97. The number of para-hydroxylation sites is 2. The summed E-state index contributed by atoms with van der Waals surface area (Å²) in [5.74, 6) is 0. The van der Waals surface area contributed by atoms with Gasteiger partial charge in [0, 0.05) is 27.6 Å². The topological polar surface area (TPSA) is 16.4 Å². The fourth-order valence-corrected chi connectivity index (χ4v) is 6.91. The first kappa shape index (κ1) is 27.9. The molecular weight excluding hydrogens is 583 g/mol. The van der Waals surface area contributed by atoms with E-state index in [0.717, 1.165) is 50.1 Å². The number of hydrogen-bond acceptors (Lipinski definition) is 2. The Morgan fingerprint density at radius 3 is 1.52 bits per heavy atom. The van der Waals surface area contributed by atoms with Crippen LogP contribution in [0.2, 0.25) is 0 Å². The summed E-state index contributed by atoms with van der Waals surface area (Å²) in [7, 11) is 0. The molecule has 0 fully saturated rings. The van der Waals surface area contributed by atoms with Crippen molar-refractivity contribution in [2.75, 3.05) is 4.90 Å². The van der Waals surface area contributed by atoms with Crippen LogP contribution in [0.15, 0.2) is 192 Å². The monoisotopic (exact) mass is 613 g/mol. The maximum Gasteiger partial charge on any atom is 0.136 e. The minimum Gasteiger partial charge on any atom is -0.456 e. The van der Waals surface area contributed by atoms with Crippen LogP contribution >= 0.6 is 0 Å². The molecule has 0 aliphatic carbocycles. The second kappa shape index (κ2) is 11.8. The summed E-state index contributed by atoms with van der Waals surface area (Å²) in [4.78, 5) is 2.40. The van der Waals surface area contributed by atoms with Crippen LogP contribution in [0.3, 0.4) is 0 Å². The van der Waals surface area contributed by atoms with E-state index in [1.807, 2.05) is 0 Å². The van der Waals surface area contributed by atoms with E-state index in [4.69, 9.17) is 4.42 Å². The van der Waals surface area contributed by atoms with Crippen LogP contribution in [0.1, 0.15) is 0 Å². The number of furan rings is 1. The van der Waals surface area contributed by atoms with Crippen molar-refractivity contribution in [2.24, 2.45) is 0 Å². The molecular formula is C46H31NO. The molecule has 48 heavy (non-hydrogen) atoms. The lowest BCUT2D eigenvalue weighted by Crippen LogP contribution is -2.12. The zero-order valence-electron chi connectivity index (χ0n) is 26.3. The number of nitrogens with zero attached hydrogens (tertiary/aromatic N) is 1. The van der Waals surface area contributed by atoms with Crippen LogP contribution in [-0.4, -0.2) is 0 Å². The van der Waals surface area contributed by atoms with E-state index < -0.39 is 0 Å². The second-order valence-electron chi connectivity index (χ2n) is 12.2. The van der Waals surface area contributed by atoms with Gasteiger partial charge in [-0.2, -0.15) is 0 Å². The maximum absolute atomic E-state index is 6.37. The highest BCUT2D eigenvalue weighted by atomic mass is 16.3. The molecule has 0 amide bonds. The smallest absolute Gasteiger partial charge is 0.136 e. The summed E-state index contributed by atoms with van der Waals surface area (Å²) in [6, 6.07) is 67.0. The third-order valence-electron chi connectivity index (χ3n) is 9.26. The molecule has 0 aliphatic heterocycles. The molecule has 0 atom stereocenters. The van der Waals surface area contributed by atoms with Crippen molar-refractivity contribution in [3.05, 3.63) is 188 Å². The molecule has 1 aromatic heterocycles. The Bertz CT molecular complexity index is 2550. The van der Waals surface area contributed by atoms with Gasteiger partial charge in [-0.25, -0.2) is 0 Å². The molecule has 9 rings (SSSR count). The zero-order valence-corrected chi connectivity index (χ0v) is 26.3. The van der Waals surface area contributed by atoms with Crippen LogP contribution in [0, 0.1) is 0 Å². The van der Waals surface area contributed by atoms with Crippen molar-refractivity contribution < 1.29 is 4.42 Å². The molecule has 0 saturated carbocycles. The second-order valence-corrected chi connectivity index (χ2v) is 12.2. The van der Waals surface area contributed by atoms with Gasteiger partial charge in [-0.1, -0.05) is 140 Å². The van der Waals surface area contributed by atoms with Gasteiger partial charge in [0.25, 0.3) is 0 Å². The molecule has 0 radical (unpaired) electrons. The average molecular weight is 614 g/mol. The minimum atomic E-state index is 0.893. The lowest BCUT2D eigenvalue weighted by molar-refractivity contribution is 0.669. The van der Waals surface area contributed by atoms with Crippen molar-refractivity contribution in [3.8, 4) is 33.4 Å². The van der Waals surface area contributed by atoms with E-state index in [9.17, 15) is 0 Å². The Balaban J connectivity index is 1.24. The van der Waals surface area contributed by atoms with Gasteiger partial charge >= 0.3 is 0 Å². The highest BCUT2D eigenvalue weighted by Crippen LogP contribution is 2.45. The molecule has 226 valence electrons. The maximum atomic E-state index is 6.37. The Kier molecular flexibility index (Phi) is 6.84. The molecule has 1 heterocycles. The van der Waals surface area contributed by atoms with Gasteiger partial charge in [-0.3, -0.25) is 0 Å². The normalized spacial score (nSPS) is 11.3. The molecule has 0 spiro atoms. The fourth-order valence-electron chi connectivity index (χ4n) is 6.91. The van der Waals surface area contributed by atoms with Crippen molar-refractivity contribution in [1.82, 2.24) is 0 Å². The highest BCUT2D eigenvalue weighted by Gasteiger charge is 2.21.